The van der Waals surface area contributed by atoms with Crippen LogP contribution in [0.2, 0.25) is 0 Å². The van der Waals surface area contributed by atoms with Crippen molar-refractivity contribution in [3.63, 3.8) is 0 Å². The number of benzene rings is 1. The van der Waals surface area contributed by atoms with Crippen molar-refractivity contribution in [3.8, 4) is 0 Å². The van der Waals surface area contributed by atoms with Crippen LogP contribution in [0.15, 0.2) is 42.1 Å². The molecule has 0 saturated heterocycles. The fourth-order valence-electron chi connectivity index (χ4n) is 1.17. The van der Waals surface area contributed by atoms with Gasteiger partial charge in [0.1, 0.15) is 0 Å². The minimum Gasteiger partial charge on any atom is -0.386 e. The van der Waals surface area contributed by atoms with Crippen LogP contribution in [0.25, 0.3) is 0 Å². The predicted molar refractivity (Wildman–Crippen MR) is 69.0 cm³/mol. The fourth-order valence-corrected chi connectivity index (χ4v) is 1.35. The van der Waals surface area contributed by atoms with Crippen molar-refractivity contribution in [2.75, 3.05) is 5.75 Å². The van der Waals surface area contributed by atoms with Gasteiger partial charge in [0.05, 0.1) is 11.3 Å². The summed E-state index contributed by atoms with van der Waals surface area (Å²) in [6.45, 7) is 0.637. The van der Waals surface area contributed by atoms with Crippen LogP contribution in [0.1, 0.15) is 5.56 Å². The topological polar surface area (TPSA) is 53.0 Å². The average Bonchev–Trinajstić information content (AvgIpc) is 2.35. The Kier molecular flexibility index (Phi) is 5.36. The van der Waals surface area contributed by atoms with E-state index in [9.17, 15) is 4.79 Å². The molecule has 0 bridgehead atoms. The van der Waals surface area contributed by atoms with Crippen molar-refractivity contribution in [2.45, 2.75) is 6.54 Å². The SMILES string of the molecule is N=C/C(=C\NCc1ccccc1)C(=O)CS. The molecule has 0 fully saturated rings. The van der Waals surface area contributed by atoms with Gasteiger partial charge in [-0.2, -0.15) is 12.6 Å². The van der Waals surface area contributed by atoms with Gasteiger partial charge in [0, 0.05) is 19.0 Å². The molecule has 0 aliphatic heterocycles. The number of allylic oxidation sites excluding steroid dienone is 1. The highest BCUT2D eigenvalue weighted by Gasteiger charge is 2.03. The first-order valence-electron chi connectivity index (χ1n) is 4.90. The van der Waals surface area contributed by atoms with E-state index in [0.717, 1.165) is 11.8 Å². The maximum atomic E-state index is 11.2. The lowest BCUT2D eigenvalue weighted by Crippen LogP contribution is -2.12. The smallest absolute Gasteiger partial charge is 0.175 e. The summed E-state index contributed by atoms with van der Waals surface area (Å²) in [6.07, 6.45) is 2.59. The third-order valence-corrected chi connectivity index (χ3v) is 2.31. The molecular weight excluding hydrogens is 220 g/mol. The maximum absolute atomic E-state index is 11.2. The Hall–Kier alpha value is -1.55. The zero-order chi connectivity index (χ0) is 11.8. The van der Waals surface area contributed by atoms with E-state index in [2.05, 4.69) is 17.9 Å². The Morgan fingerprint density at radius 2 is 2.06 bits per heavy atom. The quantitative estimate of drug-likeness (QED) is 0.399. The minimum atomic E-state index is -0.154. The van der Waals surface area contributed by atoms with Gasteiger partial charge in [0.15, 0.2) is 5.78 Å². The van der Waals surface area contributed by atoms with Gasteiger partial charge in [-0.3, -0.25) is 4.79 Å². The van der Waals surface area contributed by atoms with Crippen LogP contribution in [-0.4, -0.2) is 17.8 Å². The molecule has 0 aliphatic carbocycles. The van der Waals surface area contributed by atoms with E-state index in [1.807, 2.05) is 30.3 Å². The lowest BCUT2D eigenvalue weighted by Gasteiger charge is -2.02. The number of carbonyl (C=O) groups is 1. The van der Waals surface area contributed by atoms with Crippen molar-refractivity contribution in [1.29, 1.82) is 5.41 Å². The van der Waals surface area contributed by atoms with Gasteiger partial charge in [-0.05, 0) is 5.56 Å². The van der Waals surface area contributed by atoms with Gasteiger partial charge in [-0.1, -0.05) is 30.3 Å². The molecule has 1 aromatic carbocycles. The lowest BCUT2D eigenvalue weighted by atomic mass is 10.2. The van der Waals surface area contributed by atoms with Crippen LogP contribution in [0, 0.1) is 5.41 Å². The summed E-state index contributed by atoms with van der Waals surface area (Å²) in [6, 6.07) is 9.84. The molecule has 0 spiro atoms. The van der Waals surface area contributed by atoms with Crippen molar-refractivity contribution in [3.05, 3.63) is 47.7 Å². The second kappa shape index (κ2) is 6.85. The molecule has 0 saturated carbocycles. The van der Waals surface area contributed by atoms with Gasteiger partial charge >= 0.3 is 0 Å². The second-order valence-electron chi connectivity index (χ2n) is 3.19. The number of Topliss-reactive ketones (excluding diaryl/α,β-unsaturated/α-hetero) is 1. The normalized spacial score (nSPS) is 10.9. The summed E-state index contributed by atoms with van der Waals surface area (Å²) < 4.78 is 0. The molecule has 0 heterocycles. The van der Waals surface area contributed by atoms with Crippen molar-refractivity contribution >= 4 is 24.6 Å². The average molecular weight is 234 g/mol. The summed E-state index contributed by atoms with van der Waals surface area (Å²) >= 11 is 3.88. The zero-order valence-corrected chi connectivity index (χ0v) is 9.71. The molecule has 0 aliphatic rings. The Morgan fingerprint density at radius 3 is 2.62 bits per heavy atom. The number of rotatable bonds is 6. The monoisotopic (exact) mass is 234 g/mol. The van der Waals surface area contributed by atoms with Gasteiger partial charge in [-0.25, -0.2) is 0 Å². The number of hydrogen-bond donors (Lipinski definition) is 3. The molecule has 0 radical (unpaired) electrons. The number of hydrogen-bond acceptors (Lipinski definition) is 4. The standard InChI is InChI=1S/C12H14N2OS/c13-6-11(12(15)9-16)8-14-7-10-4-2-1-3-5-10/h1-6,8,13-14,16H,7,9H2/b11-8+,13-6?. The Bertz CT molecular complexity index is 387. The third kappa shape index (κ3) is 3.90. The highest BCUT2D eigenvalue weighted by Crippen LogP contribution is 1.98. The number of thiol groups is 1. The first kappa shape index (κ1) is 12.5. The Balaban J connectivity index is 2.53. The number of carbonyl (C=O) groups excluding carboxylic acids is 1. The van der Waals surface area contributed by atoms with Gasteiger partial charge in [0.25, 0.3) is 0 Å². The van der Waals surface area contributed by atoms with E-state index < -0.39 is 0 Å². The molecule has 16 heavy (non-hydrogen) atoms. The lowest BCUT2D eigenvalue weighted by molar-refractivity contribution is -0.112. The maximum Gasteiger partial charge on any atom is 0.175 e. The summed E-state index contributed by atoms with van der Waals surface area (Å²) in [4.78, 5) is 11.2. The molecule has 0 aromatic heterocycles. The summed E-state index contributed by atoms with van der Waals surface area (Å²) in [7, 11) is 0. The van der Waals surface area contributed by atoms with Gasteiger partial charge in [0.2, 0.25) is 0 Å². The van der Waals surface area contributed by atoms with E-state index in [-0.39, 0.29) is 11.5 Å². The van der Waals surface area contributed by atoms with Crippen LogP contribution in [-0.2, 0) is 11.3 Å². The first-order chi connectivity index (χ1) is 7.77. The molecule has 4 heteroatoms. The van der Waals surface area contributed by atoms with Crippen LogP contribution in [0.5, 0.6) is 0 Å². The molecule has 1 aromatic rings. The van der Waals surface area contributed by atoms with Gasteiger partial charge < -0.3 is 10.7 Å². The minimum absolute atomic E-state index is 0.119. The number of nitrogens with one attached hydrogen (secondary N) is 2. The molecular formula is C12H14N2OS. The van der Waals surface area contributed by atoms with Crippen LogP contribution in [0.4, 0.5) is 0 Å². The largest absolute Gasteiger partial charge is 0.386 e. The summed E-state index contributed by atoms with van der Waals surface area (Å²) in [5.41, 5.74) is 1.47. The summed E-state index contributed by atoms with van der Waals surface area (Å²) in [5.74, 6) is -0.0345. The number of ketones is 1. The van der Waals surface area contributed by atoms with E-state index >= 15 is 0 Å². The van der Waals surface area contributed by atoms with E-state index in [1.54, 1.807) is 6.20 Å². The van der Waals surface area contributed by atoms with Crippen LogP contribution < -0.4 is 5.32 Å². The molecule has 2 N–H and O–H groups in total. The van der Waals surface area contributed by atoms with Crippen molar-refractivity contribution < 1.29 is 4.79 Å². The van der Waals surface area contributed by atoms with Crippen molar-refractivity contribution in [1.82, 2.24) is 5.32 Å². The molecule has 0 atom stereocenters. The molecule has 1 rings (SSSR count). The summed E-state index contributed by atoms with van der Waals surface area (Å²) in [5, 5.41) is 10.1. The third-order valence-electron chi connectivity index (χ3n) is 2.03. The second-order valence-corrected chi connectivity index (χ2v) is 3.51. The van der Waals surface area contributed by atoms with E-state index in [1.165, 1.54) is 0 Å². The predicted octanol–water partition coefficient (Wildman–Crippen LogP) is 1.81. The molecule has 0 amide bonds. The fraction of sp³-hybridized carbons (Fsp3) is 0.167. The van der Waals surface area contributed by atoms with Crippen LogP contribution in [0.3, 0.4) is 0 Å². The molecule has 84 valence electrons. The Morgan fingerprint density at radius 1 is 1.38 bits per heavy atom. The highest BCUT2D eigenvalue weighted by atomic mass is 32.1. The zero-order valence-electron chi connectivity index (χ0n) is 8.81. The van der Waals surface area contributed by atoms with Gasteiger partial charge in [-0.15, -0.1) is 0 Å². The highest BCUT2D eigenvalue weighted by molar-refractivity contribution is 7.81. The van der Waals surface area contributed by atoms with E-state index in [0.29, 0.717) is 12.1 Å². The molecule has 3 nitrogen and oxygen atoms in total. The van der Waals surface area contributed by atoms with Crippen LogP contribution >= 0.6 is 12.6 Å². The Labute approximate surface area is 100 Å². The van der Waals surface area contributed by atoms with Crippen molar-refractivity contribution in [2.24, 2.45) is 0 Å². The first-order valence-corrected chi connectivity index (χ1v) is 5.53. The van der Waals surface area contributed by atoms with E-state index in [4.69, 9.17) is 5.41 Å². The molecule has 0 unspecified atom stereocenters.